The van der Waals surface area contributed by atoms with Crippen molar-refractivity contribution in [2.75, 3.05) is 6.54 Å². The fourth-order valence-corrected chi connectivity index (χ4v) is 7.90. The highest BCUT2D eigenvalue weighted by molar-refractivity contribution is 7.91. The maximum Gasteiger partial charge on any atom is 0.319 e. The number of fused-ring (bicyclic) bond motifs is 2. The highest BCUT2D eigenvalue weighted by Gasteiger charge is 2.62. The molecule has 270 valence electrons. The molecular weight excluding hydrogens is 676 g/mol. The van der Waals surface area contributed by atoms with Crippen molar-refractivity contribution in [2.24, 2.45) is 11.8 Å². The minimum absolute atomic E-state index is 0.0177. The van der Waals surface area contributed by atoms with Crippen molar-refractivity contribution >= 4 is 33.7 Å². The van der Waals surface area contributed by atoms with Crippen molar-refractivity contribution < 1.29 is 41.1 Å². The van der Waals surface area contributed by atoms with Gasteiger partial charge in [0.25, 0.3) is 5.91 Å². The van der Waals surface area contributed by atoms with Gasteiger partial charge in [0, 0.05) is 24.4 Å². The first-order valence-electron chi connectivity index (χ1n) is 16.9. The topological polar surface area (TPSA) is 183 Å². The predicted molar refractivity (Wildman–Crippen MR) is 173 cm³/mol. The summed E-state index contributed by atoms with van der Waals surface area (Å²) in [5.74, 6) is -6.78. The molecule has 0 unspecified atom stereocenters. The lowest BCUT2D eigenvalue weighted by Gasteiger charge is -2.30. The normalized spacial score (nSPS) is 28.4. The van der Waals surface area contributed by atoms with Crippen LogP contribution in [0.5, 0.6) is 0 Å². The van der Waals surface area contributed by atoms with Crippen LogP contribution in [-0.4, -0.2) is 86.2 Å². The summed E-state index contributed by atoms with van der Waals surface area (Å²) in [5.41, 5.74) is -2.28. The van der Waals surface area contributed by atoms with Gasteiger partial charge in [-0.1, -0.05) is 25.0 Å². The quantitative estimate of drug-likeness (QED) is 0.256. The average Bonchev–Trinajstić information content (AvgIpc) is 3.90. The summed E-state index contributed by atoms with van der Waals surface area (Å²) in [7, 11) is -3.92. The number of carbonyl (C=O) groups excluding carboxylic acids is 4. The minimum atomic E-state index is -3.92. The van der Waals surface area contributed by atoms with Crippen molar-refractivity contribution in [3.8, 4) is 11.4 Å². The number of nitrogens with one attached hydrogen (secondary N) is 2. The third-order valence-electron chi connectivity index (χ3n) is 9.48. The Morgan fingerprint density at radius 2 is 1.84 bits per heavy atom. The second-order valence-corrected chi connectivity index (χ2v) is 16.5. The molecule has 2 saturated carbocycles. The van der Waals surface area contributed by atoms with Crippen LogP contribution in [0.1, 0.15) is 84.6 Å². The molecule has 17 heteroatoms. The zero-order valence-corrected chi connectivity index (χ0v) is 28.9. The molecule has 0 radical (unpaired) electrons. The molecule has 0 bridgehead atoms. The van der Waals surface area contributed by atoms with Gasteiger partial charge < -0.3 is 15.0 Å². The molecule has 1 aromatic carbocycles. The number of allylic oxidation sites excluding steroid dienone is 1. The van der Waals surface area contributed by atoms with Crippen LogP contribution in [0, 0.1) is 23.5 Å². The number of ether oxygens (including phenoxy) is 1. The van der Waals surface area contributed by atoms with Crippen LogP contribution in [0.15, 0.2) is 30.4 Å². The summed E-state index contributed by atoms with van der Waals surface area (Å²) in [6, 6.07) is 1.19. The molecule has 2 aliphatic heterocycles. The van der Waals surface area contributed by atoms with E-state index in [1.54, 1.807) is 20.8 Å². The Morgan fingerprint density at radius 1 is 1.08 bits per heavy atom. The van der Waals surface area contributed by atoms with Crippen molar-refractivity contribution in [1.29, 1.82) is 0 Å². The summed E-state index contributed by atoms with van der Waals surface area (Å²) < 4.78 is 60.8. The van der Waals surface area contributed by atoms with Gasteiger partial charge in [0.05, 0.1) is 11.3 Å². The largest absolute Gasteiger partial charge is 0.459 e. The number of esters is 1. The van der Waals surface area contributed by atoms with Gasteiger partial charge in [-0.3, -0.25) is 23.9 Å². The third kappa shape index (κ3) is 7.56. The smallest absolute Gasteiger partial charge is 0.319 e. The van der Waals surface area contributed by atoms with E-state index in [-0.39, 0.29) is 37.2 Å². The van der Waals surface area contributed by atoms with Crippen molar-refractivity contribution in [2.45, 2.75) is 107 Å². The van der Waals surface area contributed by atoms with Gasteiger partial charge in [-0.05, 0) is 82.7 Å². The average molecular weight is 718 g/mol. The Hall–Kier alpha value is -4.28. The first kappa shape index (κ1) is 35.5. The lowest BCUT2D eigenvalue weighted by atomic mass is 9.98. The number of nitrogens with zero attached hydrogens (tertiary/aromatic N) is 5. The van der Waals surface area contributed by atoms with Gasteiger partial charge in [0.1, 0.15) is 23.1 Å². The summed E-state index contributed by atoms with van der Waals surface area (Å²) in [4.78, 5) is 58.0. The lowest BCUT2D eigenvalue weighted by molar-refractivity contribution is -0.166. The van der Waals surface area contributed by atoms with Crippen molar-refractivity contribution in [3.05, 3.63) is 42.0 Å². The second kappa shape index (κ2) is 13.5. The van der Waals surface area contributed by atoms with E-state index in [0.29, 0.717) is 32.1 Å². The molecule has 3 amide bonds. The molecule has 2 N–H and O–H groups in total. The van der Waals surface area contributed by atoms with E-state index in [4.69, 9.17) is 4.74 Å². The standard InChI is InChI=1S/C33H41F2N7O7S/c1-32(2,3)49-30(45)23-10-8-6-4-5-7-9-20-17-33(20,31(46)39-50(47,48)22-12-13-22)36-28(43)26-16-21(18-41(26)29(23)44)42-38-27(37-40-42)19-11-14-24(34)25(35)15-19/h7,9,11,14-15,20-23,26H,4-6,8,10,12-13,16-18H2,1-3H3,(H,36,43)(H,39,46)/b9-7-/t20-,21+,23-,26-,33+/m0/s1. The van der Waals surface area contributed by atoms with E-state index in [0.717, 1.165) is 18.6 Å². The molecule has 1 aromatic heterocycles. The van der Waals surface area contributed by atoms with E-state index in [9.17, 15) is 36.4 Å². The molecule has 3 heterocycles. The van der Waals surface area contributed by atoms with Gasteiger partial charge in [0.2, 0.25) is 27.7 Å². The Morgan fingerprint density at radius 3 is 2.54 bits per heavy atom. The molecule has 5 atom stereocenters. The second-order valence-electron chi connectivity index (χ2n) is 14.6. The summed E-state index contributed by atoms with van der Waals surface area (Å²) in [5, 5.41) is 14.5. The molecule has 1 saturated heterocycles. The molecule has 0 spiro atoms. The van der Waals surface area contributed by atoms with Gasteiger partial charge in [-0.15, -0.1) is 10.2 Å². The number of tetrazole rings is 1. The third-order valence-corrected chi connectivity index (χ3v) is 11.3. The van der Waals surface area contributed by atoms with Crippen LogP contribution in [0.4, 0.5) is 8.78 Å². The number of hydrogen-bond donors (Lipinski definition) is 2. The van der Waals surface area contributed by atoms with Gasteiger partial charge in [-0.25, -0.2) is 17.2 Å². The predicted octanol–water partition coefficient (Wildman–Crippen LogP) is 2.72. The fraction of sp³-hybridized carbons (Fsp3) is 0.606. The van der Waals surface area contributed by atoms with Gasteiger partial charge in [0.15, 0.2) is 11.6 Å². The SMILES string of the molecule is CC(C)(C)OC(=O)[C@H]1CCCCC/C=C\[C@H]2C[C@@]2(C(=O)NS(=O)(=O)C2CC2)NC(=O)[C@@H]2C[C@@H](n3nnc(-c4ccc(F)c(F)c4)n3)CN2C1=O. The van der Waals surface area contributed by atoms with Crippen LogP contribution < -0.4 is 10.0 Å². The molecule has 3 fully saturated rings. The van der Waals surface area contributed by atoms with Crippen molar-refractivity contribution in [3.63, 3.8) is 0 Å². The molecule has 2 aliphatic carbocycles. The fourth-order valence-electron chi connectivity index (χ4n) is 6.53. The lowest BCUT2D eigenvalue weighted by Crippen LogP contribution is -2.57. The zero-order valence-electron chi connectivity index (χ0n) is 28.1. The summed E-state index contributed by atoms with van der Waals surface area (Å²) in [6.07, 6.45) is 7.52. The van der Waals surface area contributed by atoms with E-state index >= 15 is 0 Å². The van der Waals surface area contributed by atoms with E-state index < -0.39 is 85.7 Å². The summed E-state index contributed by atoms with van der Waals surface area (Å²) >= 11 is 0. The number of sulfonamides is 1. The molecule has 2 aromatic rings. The Kier molecular flexibility index (Phi) is 9.56. The number of amides is 3. The Bertz CT molecular complexity index is 1820. The molecule has 14 nitrogen and oxygen atoms in total. The van der Waals surface area contributed by atoms with Crippen LogP contribution in [0.2, 0.25) is 0 Å². The Balaban J connectivity index is 1.32. The van der Waals surface area contributed by atoms with Crippen LogP contribution in [0.3, 0.4) is 0 Å². The first-order chi connectivity index (χ1) is 23.6. The van der Waals surface area contributed by atoms with E-state index in [1.165, 1.54) is 15.8 Å². The van der Waals surface area contributed by atoms with Crippen LogP contribution in [0.25, 0.3) is 11.4 Å². The maximum atomic E-state index is 14.3. The summed E-state index contributed by atoms with van der Waals surface area (Å²) in [6.45, 7) is 4.95. The van der Waals surface area contributed by atoms with Crippen molar-refractivity contribution in [1.82, 2.24) is 35.1 Å². The minimum Gasteiger partial charge on any atom is -0.459 e. The molecular formula is C33H41F2N7O7S. The number of benzene rings is 1. The number of rotatable bonds is 6. The van der Waals surface area contributed by atoms with Gasteiger partial charge in [-0.2, -0.15) is 4.80 Å². The van der Waals surface area contributed by atoms with Crippen LogP contribution >= 0.6 is 0 Å². The Labute approximate surface area is 288 Å². The number of aromatic nitrogens is 4. The number of hydrogen-bond acceptors (Lipinski definition) is 10. The molecule has 4 aliphatic rings. The van der Waals surface area contributed by atoms with Crippen LogP contribution in [-0.2, 0) is 33.9 Å². The highest BCUT2D eigenvalue weighted by atomic mass is 32.2. The van der Waals surface area contributed by atoms with Gasteiger partial charge >= 0.3 is 5.97 Å². The molecule has 6 rings (SSSR count). The number of halogens is 2. The molecule has 50 heavy (non-hydrogen) atoms. The first-order valence-corrected chi connectivity index (χ1v) is 18.5. The van der Waals surface area contributed by atoms with E-state index in [1.807, 2.05) is 12.2 Å². The monoisotopic (exact) mass is 717 g/mol. The maximum absolute atomic E-state index is 14.3. The number of carbonyl (C=O) groups is 4. The van der Waals surface area contributed by atoms with E-state index in [2.05, 4.69) is 25.4 Å². The zero-order chi connectivity index (χ0) is 36.0. The highest BCUT2D eigenvalue weighted by Crippen LogP contribution is 2.46.